The Morgan fingerprint density at radius 3 is 2.05 bits per heavy atom. The molecule has 0 saturated carbocycles. The van der Waals surface area contributed by atoms with Crippen LogP contribution in [0.3, 0.4) is 0 Å². The highest BCUT2D eigenvalue weighted by Gasteiger charge is 2.47. The molecule has 0 aromatic carbocycles. The Hall–Kier alpha value is -0.733. The quantitative estimate of drug-likeness (QED) is 0.262. The van der Waals surface area contributed by atoms with Gasteiger partial charge in [0.2, 0.25) is 0 Å². The number of hydrogen-bond donors (Lipinski definition) is 0. The van der Waals surface area contributed by atoms with Crippen LogP contribution in [0.2, 0.25) is 0 Å². The molecule has 0 aliphatic heterocycles. The summed E-state index contributed by atoms with van der Waals surface area (Å²) in [6.07, 6.45) is 0.677. The Kier molecular flexibility index (Phi) is 8.86. The van der Waals surface area contributed by atoms with Crippen molar-refractivity contribution in [2.75, 3.05) is 34.5 Å². The Morgan fingerprint density at radius 1 is 1.16 bits per heavy atom. The molecule has 0 fully saturated rings. The number of carbonyl (C=O) groups excluding carboxylic acids is 1. The third kappa shape index (κ3) is 5.41. The minimum absolute atomic E-state index is 0.157. The van der Waals surface area contributed by atoms with Gasteiger partial charge in [0.05, 0.1) is 6.61 Å². The van der Waals surface area contributed by atoms with E-state index in [1.165, 1.54) is 21.3 Å². The van der Waals surface area contributed by atoms with Crippen LogP contribution in [-0.2, 0) is 27.5 Å². The lowest BCUT2D eigenvalue weighted by Gasteiger charge is -2.31. The molecule has 6 nitrogen and oxygen atoms in total. The molecule has 0 amide bonds. The van der Waals surface area contributed by atoms with E-state index in [1.807, 2.05) is 6.92 Å². The largest absolute Gasteiger partial charge is 0.530 e. The molecule has 0 aromatic heterocycles. The zero-order valence-corrected chi connectivity index (χ0v) is 13.4. The number of carbonyl (C=O) groups is 1. The average Bonchev–Trinajstić information content (AvgIpc) is 2.42. The van der Waals surface area contributed by atoms with Crippen LogP contribution in [0.25, 0.3) is 0 Å². The third-order valence-electron chi connectivity index (χ3n) is 2.60. The molecule has 1 unspecified atom stereocenters. The smallest absolute Gasteiger partial charge is 0.460 e. The second-order valence-corrected chi connectivity index (χ2v) is 6.98. The molecule has 0 spiro atoms. The van der Waals surface area contributed by atoms with Gasteiger partial charge >= 0.3 is 14.8 Å². The van der Waals surface area contributed by atoms with Crippen LogP contribution in [0.15, 0.2) is 12.2 Å². The molecule has 19 heavy (non-hydrogen) atoms. The fraction of sp³-hybridized carbons (Fsp3) is 0.750. The molecule has 0 radical (unpaired) electrons. The van der Waals surface area contributed by atoms with Gasteiger partial charge in [-0.3, -0.25) is 0 Å². The van der Waals surface area contributed by atoms with Crippen LogP contribution in [0.4, 0.5) is 0 Å². The number of rotatable bonds is 10. The van der Waals surface area contributed by atoms with Crippen LogP contribution in [0.5, 0.6) is 0 Å². The van der Waals surface area contributed by atoms with Gasteiger partial charge in [-0.25, -0.2) is 4.79 Å². The summed E-state index contributed by atoms with van der Waals surface area (Å²) in [6, 6.07) is 0. The van der Waals surface area contributed by atoms with Crippen LogP contribution < -0.4 is 0 Å². The van der Waals surface area contributed by atoms with Gasteiger partial charge in [0.25, 0.3) is 0 Å². The topological polar surface area (TPSA) is 63.2 Å². The second kappa shape index (κ2) is 9.22. The predicted molar refractivity (Wildman–Crippen MR) is 72.6 cm³/mol. The minimum atomic E-state index is -2.83. The lowest BCUT2D eigenvalue weighted by molar-refractivity contribution is -0.141. The number of hydrogen-bond acceptors (Lipinski definition) is 6. The van der Waals surface area contributed by atoms with Gasteiger partial charge in [0.15, 0.2) is 0 Å². The summed E-state index contributed by atoms with van der Waals surface area (Å²) in [6.45, 7) is 7.45. The molecule has 112 valence electrons. The molecule has 0 aromatic rings. The van der Waals surface area contributed by atoms with E-state index in [1.54, 1.807) is 6.92 Å². The molecule has 0 bridgehead atoms. The maximum absolute atomic E-state index is 11.2. The van der Waals surface area contributed by atoms with E-state index in [4.69, 9.17) is 22.8 Å². The first-order chi connectivity index (χ1) is 8.97. The van der Waals surface area contributed by atoms with Crippen LogP contribution in [0, 0.1) is 0 Å². The van der Waals surface area contributed by atoms with Crippen LogP contribution in [-0.4, -0.2) is 55.0 Å². The van der Waals surface area contributed by atoms with Gasteiger partial charge in [-0.15, -0.1) is 0 Å². The van der Waals surface area contributed by atoms with Gasteiger partial charge in [0, 0.05) is 26.9 Å². The highest BCUT2D eigenvalue weighted by Crippen LogP contribution is 2.17. The fourth-order valence-corrected chi connectivity index (χ4v) is 3.67. The summed E-state index contributed by atoms with van der Waals surface area (Å²) in [5, 5.41) is 0. The van der Waals surface area contributed by atoms with Crippen molar-refractivity contribution >= 4 is 14.8 Å². The van der Waals surface area contributed by atoms with Gasteiger partial charge < -0.3 is 22.8 Å². The standard InChI is InChI=1S/C12H24O6Si/c1-7-11(19(14-4,15-5)16-6)17-8-9-18-12(13)10(2)3/h11H,2,7-9H2,1,3-6H3. The fourth-order valence-electron chi connectivity index (χ4n) is 1.56. The first kappa shape index (κ1) is 18.3. The molecule has 1 atom stereocenters. The molecule has 0 saturated heterocycles. The zero-order valence-electron chi connectivity index (χ0n) is 12.4. The summed E-state index contributed by atoms with van der Waals surface area (Å²) in [7, 11) is 1.78. The molecule has 0 heterocycles. The summed E-state index contributed by atoms with van der Waals surface area (Å²) in [4.78, 5) is 11.2. The maximum atomic E-state index is 11.2. The second-order valence-electron chi connectivity index (χ2n) is 3.90. The van der Waals surface area contributed by atoms with Crippen molar-refractivity contribution in [1.82, 2.24) is 0 Å². The summed E-state index contributed by atoms with van der Waals surface area (Å²) in [5.41, 5.74) is 0.0671. The molecular weight excluding hydrogens is 268 g/mol. The van der Waals surface area contributed by atoms with E-state index in [9.17, 15) is 4.79 Å². The summed E-state index contributed by atoms with van der Waals surface area (Å²) >= 11 is 0. The molecule has 7 heteroatoms. The van der Waals surface area contributed by atoms with Crippen molar-refractivity contribution in [3.05, 3.63) is 12.2 Å². The van der Waals surface area contributed by atoms with Crippen molar-refractivity contribution in [3.8, 4) is 0 Å². The van der Waals surface area contributed by atoms with Crippen LogP contribution in [0.1, 0.15) is 20.3 Å². The average molecular weight is 292 g/mol. The molecule has 0 aliphatic carbocycles. The Morgan fingerprint density at radius 2 is 1.68 bits per heavy atom. The Balaban J connectivity index is 4.27. The Bertz CT molecular complexity index is 282. The van der Waals surface area contributed by atoms with E-state index < -0.39 is 14.8 Å². The van der Waals surface area contributed by atoms with Crippen molar-refractivity contribution in [3.63, 3.8) is 0 Å². The van der Waals surface area contributed by atoms with Gasteiger partial charge in [-0.1, -0.05) is 13.5 Å². The van der Waals surface area contributed by atoms with Gasteiger partial charge in [0.1, 0.15) is 12.3 Å². The lowest BCUT2D eigenvalue weighted by atomic mass is 10.4. The van der Waals surface area contributed by atoms with Crippen molar-refractivity contribution in [1.29, 1.82) is 0 Å². The molecular formula is C12H24O6Si. The van der Waals surface area contributed by atoms with Gasteiger partial charge in [-0.05, 0) is 13.3 Å². The summed E-state index contributed by atoms with van der Waals surface area (Å²) in [5.74, 6) is -0.426. The van der Waals surface area contributed by atoms with E-state index in [2.05, 4.69) is 6.58 Å². The predicted octanol–water partition coefficient (Wildman–Crippen LogP) is 1.32. The van der Waals surface area contributed by atoms with E-state index >= 15 is 0 Å². The first-order valence-corrected chi connectivity index (χ1v) is 7.87. The van der Waals surface area contributed by atoms with Crippen molar-refractivity contribution < 1.29 is 27.5 Å². The number of ether oxygens (including phenoxy) is 2. The SMILES string of the molecule is C=C(C)C(=O)OCCOC(CC)[Si](OC)(OC)OC. The van der Waals surface area contributed by atoms with E-state index in [-0.39, 0.29) is 18.9 Å². The first-order valence-electron chi connectivity index (χ1n) is 6.07. The van der Waals surface area contributed by atoms with Gasteiger partial charge in [-0.2, -0.15) is 0 Å². The monoisotopic (exact) mass is 292 g/mol. The number of esters is 1. The summed E-state index contributed by atoms with van der Waals surface area (Å²) < 4.78 is 26.6. The van der Waals surface area contributed by atoms with Crippen LogP contribution >= 0.6 is 0 Å². The minimum Gasteiger partial charge on any atom is -0.460 e. The van der Waals surface area contributed by atoms with E-state index in [0.29, 0.717) is 12.0 Å². The third-order valence-corrected chi connectivity index (χ3v) is 5.67. The van der Waals surface area contributed by atoms with Crippen molar-refractivity contribution in [2.45, 2.75) is 26.0 Å². The highest BCUT2D eigenvalue weighted by molar-refractivity contribution is 6.62. The zero-order chi connectivity index (χ0) is 14.9. The maximum Gasteiger partial charge on any atom is 0.530 e. The molecule has 0 rings (SSSR count). The molecule has 0 N–H and O–H groups in total. The highest BCUT2D eigenvalue weighted by atomic mass is 28.4. The Labute approximate surface area is 116 Å². The molecule has 0 aliphatic rings. The van der Waals surface area contributed by atoms with E-state index in [0.717, 1.165) is 0 Å². The lowest BCUT2D eigenvalue weighted by Crippen LogP contribution is -2.55. The normalized spacial score (nSPS) is 13.1. The van der Waals surface area contributed by atoms with Crippen molar-refractivity contribution in [2.24, 2.45) is 0 Å².